The standard InChI is InChI=1S/C18H24FNO2/c1-12(2)22-11-15-8-14(6-7-17(15)19)18(21)20-9-16(10-20)13-4-3-5-13/h6-8,12-13,16H,3-5,9-11H2,1-2H3. The van der Waals surface area contributed by atoms with Crippen molar-refractivity contribution in [3.8, 4) is 0 Å². The monoisotopic (exact) mass is 305 g/mol. The fourth-order valence-electron chi connectivity index (χ4n) is 3.15. The highest BCUT2D eigenvalue weighted by Gasteiger charge is 2.38. The minimum Gasteiger partial charge on any atom is -0.374 e. The van der Waals surface area contributed by atoms with Crippen LogP contribution in [0.15, 0.2) is 18.2 Å². The van der Waals surface area contributed by atoms with Gasteiger partial charge in [-0.2, -0.15) is 0 Å². The average molecular weight is 305 g/mol. The number of rotatable bonds is 5. The maximum Gasteiger partial charge on any atom is 0.253 e. The zero-order valence-electron chi connectivity index (χ0n) is 13.3. The van der Waals surface area contributed by atoms with Crippen LogP contribution < -0.4 is 0 Å². The number of halogens is 1. The SMILES string of the molecule is CC(C)OCc1cc(C(=O)N2CC(C3CCC3)C2)ccc1F. The number of carbonyl (C=O) groups excluding carboxylic acids is 1. The van der Waals surface area contributed by atoms with Crippen LogP contribution in [0.2, 0.25) is 0 Å². The maximum atomic E-state index is 13.8. The van der Waals surface area contributed by atoms with E-state index in [1.54, 1.807) is 12.1 Å². The Kier molecular flexibility index (Phi) is 4.48. The highest BCUT2D eigenvalue weighted by atomic mass is 19.1. The van der Waals surface area contributed by atoms with Gasteiger partial charge in [0.2, 0.25) is 0 Å². The van der Waals surface area contributed by atoms with Gasteiger partial charge in [0, 0.05) is 24.2 Å². The van der Waals surface area contributed by atoms with E-state index in [1.165, 1.54) is 25.3 Å². The normalized spacial score (nSPS) is 19.2. The van der Waals surface area contributed by atoms with Gasteiger partial charge in [-0.3, -0.25) is 4.79 Å². The van der Waals surface area contributed by atoms with Crippen LogP contribution in [0.1, 0.15) is 49.0 Å². The van der Waals surface area contributed by atoms with Gasteiger partial charge in [-0.25, -0.2) is 4.39 Å². The van der Waals surface area contributed by atoms with E-state index >= 15 is 0 Å². The number of likely N-dealkylation sites (tertiary alicyclic amines) is 1. The number of hydrogen-bond acceptors (Lipinski definition) is 2. The van der Waals surface area contributed by atoms with Crippen molar-refractivity contribution in [1.82, 2.24) is 4.90 Å². The van der Waals surface area contributed by atoms with Crippen LogP contribution >= 0.6 is 0 Å². The number of carbonyl (C=O) groups is 1. The van der Waals surface area contributed by atoms with Gasteiger partial charge in [-0.1, -0.05) is 19.3 Å². The van der Waals surface area contributed by atoms with Crippen molar-refractivity contribution >= 4 is 5.91 Å². The van der Waals surface area contributed by atoms with Crippen molar-refractivity contribution in [2.45, 2.75) is 45.8 Å². The van der Waals surface area contributed by atoms with Gasteiger partial charge in [0.1, 0.15) is 5.82 Å². The summed E-state index contributed by atoms with van der Waals surface area (Å²) in [6.45, 7) is 5.74. The van der Waals surface area contributed by atoms with Gasteiger partial charge in [-0.05, 0) is 43.9 Å². The summed E-state index contributed by atoms with van der Waals surface area (Å²) in [4.78, 5) is 14.3. The van der Waals surface area contributed by atoms with Gasteiger partial charge in [0.25, 0.3) is 5.91 Å². The van der Waals surface area contributed by atoms with Gasteiger partial charge in [0.05, 0.1) is 12.7 Å². The van der Waals surface area contributed by atoms with Crippen molar-refractivity contribution in [2.75, 3.05) is 13.1 Å². The number of amides is 1. The van der Waals surface area contributed by atoms with E-state index in [4.69, 9.17) is 4.74 Å². The first-order chi connectivity index (χ1) is 10.5. The molecule has 1 heterocycles. The molecule has 3 nitrogen and oxygen atoms in total. The first-order valence-corrected chi connectivity index (χ1v) is 8.24. The molecule has 0 bridgehead atoms. The quantitative estimate of drug-likeness (QED) is 0.831. The van der Waals surface area contributed by atoms with Crippen molar-refractivity contribution < 1.29 is 13.9 Å². The Morgan fingerprint density at radius 3 is 2.64 bits per heavy atom. The lowest BCUT2D eigenvalue weighted by molar-refractivity contribution is 0.0220. The molecule has 0 unspecified atom stereocenters. The van der Waals surface area contributed by atoms with Crippen LogP contribution in [0.5, 0.6) is 0 Å². The largest absolute Gasteiger partial charge is 0.374 e. The van der Waals surface area contributed by atoms with Crippen molar-refractivity contribution in [2.24, 2.45) is 11.8 Å². The molecule has 1 saturated carbocycles. The lowest BCUT2D eigenvalue weighted by Crippen LogP contribution is -2.53. The topological polar surface area (TPSA) is 29.5 Å². The Bertz CT molecular complexity index is 548. The van der Waals surface area contributed by atoms with E-state index in [9.17, 15) is 9.18 Å². The number of nitrogens with zero attached hydrogens (tertiary/aromatic N) is 1. The van der Waals surface area contributed by atoms with E-state index in [1.807, 2.05) is 18.7 Å². The maximum absolute atomic E-state index is 13.8. The summed E-state index contributed by atoms with van der Waals surface area (Å²) < 4.78 is 19.2. The summed E-state index contributed by atoms with van der Waals surface area (Å²) in [5, 5.41) is 0. The first kappa shape index (κ1) is 15.5. The lowest BCUT2D eigenvalue weighted by atomic mass is 9.72. The molecule has 0 spiro atoms. The summed E-state index contributed by atoms with van der Waals surface area (Å²) in [7, 11) is 0. The molecule has 0 aromatic heterocycles. The summed E-state index contributed by atoms with van der Waals surface area (Å²) in [5.74, 6) is 1.21. The number of ether oxygens (including phenoxy) is 1. The molecule has 1 aromatic rings. The van der Waals surface area contributed by atoms with E-state index < -0.39 is 0 Å². The fraction of sp³-hybridized carbons (Fsp3) is 0.611. The van der Waals surface area contributed by atoms with E-state index in [0.717, 1.165) is 19.0 Å². The molecule has 1 amide bonds. The molecule has 120 valence electrons. The molecule has 2 aliphatic rings. The fourth-order valence-corrected chi connectivity index (χ4v) is 3.15. The number of hydrogen-bond donors (Lipinski definition) is 0. The van der Waals surface area contributed by atoms with Crippen LogP contribution in [0.25, 0.3) is 0 Å². The molecule has 0 radical (unpaired) electrons. The van der Waals surface area contributed by atoms with Crippen LogP contribution in [0.3, 0.4) is 0 Å². The van der Waals surface area contributed by atoms with Crippen molar-refractivity contribution in [1.29, 1.82) is 0 Å². The van der Waals surface area contributed by atoms with E-state index in [2.05, 4.69) is 0 Å². The van der Waals surface area contributed by atoms with Crippen molar-refractivity contribution in [3.05, 3.63) is 35.1 Å². The predicted molar refractivity (Wildman–Crippen MR) is 83.1 cm³/mol. The molecule has 1 aromatic carbocycles. The molecule has 4 heteroatoms. The lowest BCUT2D eigenvalue weighted by Gasteiger charge is -2.46. The minimum atomic E-state index is -0.312. The summed E-state index contributed by atoms with van der Waals surface area (Å²) in [6.07, 6.45) is 4.02. The second-order valence-corrected chi connectivity index (χ2v) is 6.83. The van der Waals surface area contributed by atoms with Gasteiger partial charge < -0.3 is 9.64 Å². The molecule has 1 aliphatic carbocycles. The molecule has 22 heavy (non-hydrogen) atoms. The Morgan fingerprint density at radius 1 is 1.32 bits per heavy atom. The van der Waals surface area contributed by atoms with E-state index in [0.29, 0.717) is 17.0 Å². The molecular formula is C18H24FNO2. The van der Waals surface area contributed by atoms with Gasteiger partial charge in [0.15, 0.2) is 0 Å². The highest BCUT2D eigenvalue weighted by Crippen LogP contribution is 2.38. The Hall–Kier alpha value is -1.42. The molecule has 1 saturated heterocycles. The Balaban J connectivity index is 1.61. The third kappa shape index (κ3) is 3.17. The van der Waals surface area contributed by atoms with Gasteiger partial charge in [-0.15, -0.1) is 0 Å². The second kappa shape index (κ2) is 6.37. The third-order valence-corrected chi connectivity index (χ3v) is 4.88. The first-order valence-electron chi connectivity index (χ1n) is 8.24. The van der Waals surface area contributed by atoms with Crippen LogP contribution in [0, 0.1) is 17.7 Å². The average Bonchev–Trinajstić information content (AvgIpc) is 2.38. The molecule has 0 N–H and O–H groups in total. The Morgan fingerprint density at radius 2 is 2.05 bits per heavy atom. The van der Waals surface area contributed by atoms with Gasteiger partial charge >= 0.3 is 0 Å². The summed E-state index contributed by atoms with van der Waals surface area (Å²) >= 11 is 0. The molecule has 2 fully saturated rings. The summed E-state index contributed by atoms with van der Waals surface area (Å²) in [6, 6.07) is 4.58. The zero-order chi connectivity index (χ0) is 15.7. The smallest absolute Gasteiger partial charge is 0.253 e. The number of benzene rings is 1. The Labute approximate surface area is 131 Å². The van der Waals surface area contributed by atoms with E-state index in [-0.39, 0.29) is 24.4 Å². The van der Waals surface area contributed by atoms with Crippen LogP contribution in [0.4, 0.5) is 4.39 Å². The van der Waals surface area contributed by atoms with Crippen LogP contribution in [-0.2, 0) is 11.3 Å². The van der Waals surface area contributed by atoms with Crippen molar-refractivity contribution in [3.63, 3.8) is 0 Å². The molecular weight excluding hydrogens is 281 g/mol. The second-order valence-electron chi connectivity index (χ2n) is 6.83. The predicted octanol–water partition coefficient (Wildman–Crippen LogP) is 3.62. The third-order valence-electron chi connectivity index (χ3n) is 4.88. The molecule has 3 rings (SSSR count). The summed E-state index contributed by atoms with van der Waals surface area (Å²) in [5.41, 5.74) is 1.02. The van der Waals surface area contributed by atoms with Crippen LogP contribution in [-0.4, -0.2) is 30.0 Å². The highest BCUT2D eigenvalue weighted by molar-refractivity contribution is 5.94. The molecule has 1 aliphatic heterocycles. The molecule has 0 atom stereocenters. The zero-order valence-corrected chi connectivity index (χ0v) is 13.3. The minimum absolute atomic E-state index is 0.0152.